The molecule has 2 heterocycles. The van der Waals surface area contributed by atoms with E-state index in [0.29, 0.717) is 12.3 Å². The molecule has 1 atom stereocenters. The number of nitrogens with one attached hydrogen (secondary N) is 2. The molecule has 0 saturated carbocycles. The highest BCUT2D eigenvalue weighted by molar-refractivity contribution is 5.89. The molecule has 25 heavy (non-hydrogen) atoms. The van der Waals surface area contributed by atoms with E-state index in [-0.39, 0.29) is 23.9 Å². The number of hydrogen-bond donors (Lipinski definition) is 2. The quantitative estimate of drug-likeness (QED) is 0.876. The van der Waals surface area contributed by atoms with E-state index in [4.69, 9.17) is 4.74 Å². The second-order valence-electron chi connectivity index (χ2n) is 6.42. The van der Waals surface area contributed by atoms with Crippen molar-refractivity contribution in [3.05, 3.63) is 42.2 Å². The van der Waals surface area contributed by atoms with Gasteiger partial charge in [0, 0.05) is 25.0 Å². The topological polar surface area (TPSA) is 70.2 Å². The lowest BCUT2D eigenvalue weighted by Crippen LogP contribution is -2.41. The van der Waals surface area contributed by atoms with Crippen molar-refractivity contribution in [3.8, 4) is 5.75 Å². The fraction of sp³-hybridized carbons (Fsp3) is 0.444. The van der Waals surface area contributed by atoms with Gasteiger partial charge >= 0.3 is 6.03 Å². The third kappa shape index (κ3) is 4.10. The summed E-state index contributed by atoms with van der Waals surface area (Å²) in [4.78, 5) is 21.7. The number of amides is 2. The van der Waals surface area contributed by atoms with Crippen molar-refractivity contribution in [3.63, 3.8) is 0 Å². The van der Waals surface area contributed by atoms with Crippen LogP contribution in [0.4, 0.5) is 14.9 Å². The molecule has 3 rings (SSSR count). The number of benzene rings is 1. The van der Waals surface area contributed by atoms with Crippen LogP contribution in [-0.2, 0) is 0 Å². The number of rotatable bonds is 4. The first-order valence-corrected chi connectivity index (χ1v) is 8.57. The SMILES string of the molecule is CC(C)Oc1ccc(NC(=O)N2CCCC[C@H]2c2ncc[nH]2)c(F)c1. The lowest BCUT2D eigenvalue weighted by molar-refractivity contribution is 0.159. The van der Waals surface area contributed by atoms with Crippen molar-refractivity contribution in [2.24, 2.45) is 0 Å². The van der Waals surface area contributed by atoms with Gasteiger partial charge in [0.05, 0.1) is 17.8 Å². The van der Waals surface area contributed by atoms with Crippen LogP contribution in [0.1, 0.15) is 45.0 Å². The maximum Gasteiger partial charge on any atom is 0.322 e. The minimum atomic E-state index is -0.516. The Hall–Kier alpha value is -2.57. The molecule has 0 spiro atoms. The van der Waals surface area contributed by atoms with Crippen LogP contribution in [0.3, 0.4) is 0 Å². The van der Waals surface area contributed by atoms with Crippen molar-refractivity contribution in [1.29, 1.82) is 0 Å². The second kappa shape index (κ2) is 7.55. The van der Waals surface area contributed by atoms with Gasteiger partial charge in [-0.2, -0.15) is 0 Å². The first kappa shape index (κ1) is 17.3. The molecule has 2 N–H and O–H groups in total. The standard InChI is InChI=1S/C18H23FN4O2/c1-12(2)25-13-6-7-15(14(19)11-13)22-18(24)23-10-4-3-5-16(23)17-20-8-9-21-17/h6-9,11-12,16H,3-5,10H2,1-2H3,(H,20,21)(H,22,24)/t16-/m0/s1. The van der Waals surface area contributed by atoms with E-state index in [1.165, 1.54) is 12.1 Å². The van der Waals surface area contributed by atoms with Crippen LogP contribution in [0.25, 0.3) is 0 Å². The zero-order valence-electron chi connectivity index (χ0n) is 14.5. The Bertz CT molecular complexity index is 718. The van der Waals surface area contributed by atoms with E-state index in [9.17, 15) is 9.18 Å². The van der Waals surface area contributed by atoms with Crippen LogP contribution in [0.15, 0.2) is 30.6 Å². The van der Waals surface area contributed by atoms with E-state index in [1.807, 2.05) is 13.8 Å². The molecule has 0 radical (unpaired) electrons. The summed E-state index contributed by atoms with van der Waals surface area (Å²) in [6.45, 7) is 4.37. The van der Waals surface area contributed by atoms with Crippen LogP contribution >= 0.6 is 0 Å². The molecule has 1 aromatic carbocycles. The summed E-state index contributed by atoms with van der Waals surface area (Å²) in [5.74, 6) is 0.686. The highest BCUT2D eigenvalue weighted by Gasteiger charge is 2.30. The number of imidazole rings is 1. The van der Waals surface area contributed by atoms with Gasteiger partial charge in [-0.3, -0.25) is 0 Å². The minimum Gasteiger partial charge on any atom is -0.491 e. The fourth-order valence-corrected chi connectivity index (χ4v) is 3.05. The number of aromatic amines is 1. The summed E-state index contributed by atoms with van der Waals surface area (Å²) in [5.41, 5.74) is 0.143. The summed E-state index contributed by atoms with van der Waals surface area (Å²) >= 11 is 0. The Morgan fingerprint density at radius 3 is 2.96 bits per heavy atom. The first-order chi connectivity index (χ1) is 12.0. The van der Waals surface area contributed by atoms with Crippen molar-refractivity contribution >= 4 is 11.7 Å². The van der Waals surface area contributed by atoms with E-state index in [0.717, 1.165) is 25.1 Å². The van der Waals surface area contributed by atoms with E-state index < -0.39 is 5.82 Å². The maximum atomic E-state index is 14.3. The summed E-state index contributed by atoms with van der Waals surface area (Å²) in [6, 6.07) is 4.03. The zero-order valence-corrected chi connectivity index (χ0v) is 14.5. The Kier molecular flexibility index (Phi) is 5.21. The number of urea groups is 1. The smallest absolute Gasteiger partial charge is 0.322 e. The van der Waals surface area contributed by atoms with Crippen LogP contribution in [0.2, 0.25) is 0 Å². The van der Waals surface area contributed by atoms with Crippen LogP contribution in [0.5, 0.6) is 5.75 Å². The Balaban J connectivity index is 1.72. The number of halogens is 1. The molecule has 2 aromatic rings. The van der Waals surface area contributed by atoms with E-state index >= 15 is 0 Å². The first-order valence-electron chi connectivity index (χ1n) is 8.57. The molecular formula is C18H23FN4O2. The molecular weight excluding hydrogens is 323 g/mol. The van der Waals surface area contributed by atoms with Gasteiger partial charge in [-0.1, -0.05) is 0 Å². The normalized spacial score (nSPS) is 17.6. The molecule has 1 aromatic heterocycles. The predicted octanol–water partition coefficient (Wildman–Crippen LogP) is 4.10. The second-order valence-corrected chi connectivity index (χ2v) is 6.42. The van der Waals surface area contributed by atoms with E-state index in [1.54, 1.807) is 23.4 Å². The molecule has 1 aliphatic heterocycles. The van der Waals surface area contributed by atoms with Gasteiger partial charge < -0.3 is 19.9 Å². The fourth-order valence-electron chi connectivity index (χ4n) is 3.05. The lowest BCUT2D eigenvalue weighted by Gasteiger charge is -2.34. The number of carbonyl (C=O) groups excluding carboxylic acids is 1. The average molecular weight is 346 g/mol. The van der Waals surface area contributed by atoms with Crippen molar-refractivity contribution in [2.45, 2.75) is 45.3 Å². The summed E-state index contributed by atoms with van der Waals surface area (Å²) in [6.07, 6.45) is 6.17. The van der Waals surface area contributed by atoms with Crippen LogP contribution in [0, 0.1) is 5.82 Å². The number of carbonyl (C=O) groups is 1. The highest BCUT2D eigenvalue weighted by atomic mass is 19.1. The summed E-state index contributed by atoms with van der Waals surface area (Å²) in [7, 11) is 0. The molecule has 0 bridgehead atoms. The number of likely N-dealkylation sites (tertiary alicyclic amines) is 1. The summed E-state index contributed by atoms with van der Waals surface area (Å²) < 4.78 is 19.7. The van der Waals surface area contributed by atoms with Gasteiger partial charge in [-0.15, -0.1) is 0 Å². The molecule has 1 aliphatic rings. The monoisotopic (exact) mass is 346 g/mol. The Morgan fingerprint density at radius 1 is 1.44 bits per heavy atom. The molecule has 1 saturated heterocycles. The van der Waals surface area contributed by atoms with Crippen molar-refractivity contribution in [1.82, 2.24) is 14.9 Å². The number of piperidine rings is 1. The van der Waals surface area contributed by atoms with Crippen LogP contribution in [-0.4, -0.2) is 33.5 Å². The molecule has 0 unspecified atom stereocenters. The van der Waals surface area contributed by atoms with Crippen molar-refractivity contribution in [2.75, 3.05) is 11.9 Å². The van der Waals surface area contributed by atoms with Gasteiger partial charge in [-0.05, 0) is 45.2 Å². The number of H-pyrrole nitrogens is 1. The lowest BCUT2D eigenvalue weighted by atomic mass is 10.0. The van der Waals surface area contributed by atoms with Gasteiger partial charge in [0.1, 0.15) is 17.4 Å². The van der Waals surface area contributed by atoms with Crippen LogP contribution < -0.4 is 10.1 Å². The van der Waals surface area contributed by atoms with E-state index in [2.05, 4.69) is 15.3 Å². The maximum absolute atomic E-state index is 14.3. The third-order valence-corrected chi connectivity index (χ3v) is 4.15. The molecule has 6 nitrogen and oxygen atoms in total. The molecule has 0 aliphatic carbocycles. The molecule has 7 heteroatoms. The number of hydrogen-bond acceptors (Lipinski definition) is 3. The molecule has 2 amide bonds. The number of aromatic nitrogens is 2. The number of anilines is 1. The van der Waals surface area contributed by atoms with Gasteiger partial charge in [0.15, 0.2) is 0 Å². The summed E-state index contributed by atoms with van der Waals surface area (Å²) in [5, 5.41) is 2.67. The third-order valence-electron chi connectivity index (χ3n) is 4.15. The van der Waals surface area contributed by atoms with Crippen molar-refractivity contribution < 1.29 is 13.9 Å². The molecule has 1 fully saturated rings. The highest BCUT2D eigenvalue weighted by Crippen LogP contribution is 2.30. The Labute approximate surface area is 146 Å². The predicted molar refractivity (Wildman–Crippen MR) is 93.1 cm³/mol. The number of nitrogens with zero attached hydrogens (tertiary/aromatic N) is 2. The molecule has 134 valence electrons. The largest absolute Gasteiger partial charge is 0.491 e. The zero-order chi connectivity index (χ0) is 17.8. The van der Waals surface area contributed by atoms with Gasteiger partial charge in [0.25, 0.3) is 0 Å². The Morgan fingerprint density at radius 2 is 2.28 bits per heavy atom. The number of ether oxygens (including phenoxy) is 1. The van der Waals surface area contributed by atoms with Gasteiger partial charge in [-0.25, -0.2) is 14.2 Å². The minimum absolute atomic E-state index is 0.0396. The van der Waals surface area contributed by atoms with Gasteiger partial charge in [0.2, 0.25) is 0 Å². The average Bonchev–Trinajstić information content (AvgIpc) is 3.11.